The van der Waals surface area contributed by atoms with Gasteiger partial charge >= 0.3 is 0 Å². The standard InChI is InChI=1S/C19H21N3/c1-13(22(2)3)14-6-4-7-15(12-14)16-8-5-9-17-18(20)10-11-21-19(16)17/h4-13H,1-3H3,(H2,20,21)/t13-/m0/s1. The van der Waals surface area contributed by atoms with Gasteiger partial charge in [0, 0.05) is 28.9 Å². The van der Waals surface area contributed by atoms with E-state index in [0.29, 0.717) is 6.04 Å². The molecular weight excluding hydrogens is 270 g/mol. The van der Waals surface area contributed by atoms with Crippen molar-refractivity contribution in [2.24, 2.45) is 0 Å². The van der Waals surface area contributed by atoms with Gasteiger partial charge in [-0.2, -0.15) is 0 Å². The average molecular weight is 291 g/mol. The van der Waals surface area contributed by atoms with Gasteiger partial charge in [-0.15, -0.1) is 0 Å². The van der Waals surface area contributed by atoms with Crippen LogP contribution in [0.2, 0.25) is 0 Å². The molecule has 1 aromatic heterocycles. The summed E-state index contributed by atoms with van der Waals surface area (Å²) in [5.41, 5.74) is 11.4. The van der Waals surface area contributed by atoms with Gasteiger partial charge < -0.3 is 10.6 Å². The van der Waals surface area contributed by atoms with Gasteiger partial charge in [-0.25, -0.2) is 0 Å². The van der Waals surface area contributed by atoms with E-state index >= 15 is 0 Å². The Morgan fingerprint density at radius 3 is 2.59 bits per heavy atom. The molecule has 1 heterocycles. The lowest BCUT2D eigenvalue weighted by molar-refractivity contribution is 0.321. The van der Waals surface area contributed by atoms with Gasteiger partial charge in [-0.1, -0.05) is 36.4 Å². The first kappa shape index (κ1) is 14.5. The molecule has 0 bridgehead atoms. The van der Waals surface area contributed by atoms with Crippen molar-refractivity contribution in [3.05, 3.63) is 60.3 Å². The summed E-state index contributed by atoms with van der Waals surface area (Å²) in [7, 11) is 4.19. The van der Waals surface area contributed by atoms with Gasteiger partial charge in [0.15, 0.2) is 0 Å². The number of rotatable bonds is 3. The summed E-state index contributed by atoms with van der Waals surface area (Å²) in [6.45, 7) is 2.21. The molecule has 0 radical (unpaired) electrons. The summed E-state index contributed by atoms with van der Waals surface area (Å²) in [5, 5.41) is 1.01. The summed E-state index contributed by atoms with van der Waals surface area (Å²) in [5.74, 6) is 0. The van der Waals surface area contributed by atoms with Crippen molar-refractivity contribution in [3.63, 3.8) is 0 Å². The number of benzene rings is 2. The topological polar surface area (TPSA) is 42.1 Å². The number of aromatic nitrogens is 1. The molecule has 0 saturated carbocycles. The Kier molecular flexibility index (Phi) is 3.82. The van der Waals surface area contributed by atoms with Crippen LogP contribution in [0, 0.1) is 0 Å². The van der Waals surface area contributed by atoms with Crippen molar-refractivity contribution in [1.29, 1.82) is 0 Å². The molecule has 0 aliphatic rings. The summed E-state index contributed by atoms with van der Waals surface area (Å²) in [6, 6.07) is 17.0. The highest BCUT2D eigenvalue weighted by molar-refractivity contribution is 5.99. The minimum atomic E-state index is 0.368. The van der Waals surface area contributed by atoms with Crippen LogP contribution < -0.4 is 5.73 Å². The zero-order chi connectivity index (χ0) is 15.7. The third-order valence-corrected chi connectivity index (χ3v) is 4.26. The Morgan fingerprint density at radius 1 is 1.05 bits per heavy atom. The molecule has 22 heavy (non-hydrogen) atoms. The zero-order valence-corrected chi connectivity index (χ0v) is 13.2. The van der Waals surface area contributed by atoms with E-state index in [1.807, 2.05) is 18.2 Å². The summed E-state index contributed by atoms with van der Waals surface area (Å²) < 4.78 is 0. The molecule has 1 atom stereocenters. The van der Waals surface area contributed by atoms with Crippen molar-refractivity contribution < 1.29 is 0 Å². The SMILES string of the molecule is C[C@@H](c1cccc(-c2cccc3c(N)ccnc23)c1)N(C)C. The number of fused-ring (bicyclic) bond motifs is 1. The molecule has 3 aromatic rings. The van der Waals surface area contributed by atoms with E-state index in [1.165, 1.54) is 11.1 Å². The second-order valence-corrected chi connectivity index (χ2v) is 5.87. The number of hydrogen-bond acceptors (Lipinski definition) is 3. The molecule has 0 amide bonds. The second kappa shape index (κ2) is 5.78. The van der Waals surface area contributed by atoms with E-state index in [1.54, 1.807) is 6.20 Å². The lowest BCUT2D eigenvalue weighted by atomic mass is 9.97. The predicted molar refractivity (Wildman–Crippen MR) is 93.7 cm³/mol. The maximum absolute atomic E-state index is 6.07. The fraction of sp³-hybridized carbons (Fsp3) is 0.211. The molecule has 0 aliphatic carbocycles. The molecule has 112 valence electrons. The van der Waals surface area contributed by atoms with Crippen LogP contribution in [0.5, 0.6) is 0 Å². The molecule has 2 aromatic carbocycles. The van der Waals surface area contributed by atoms with Crippen molar-refractivity contribution in [3.8, 4) is 11.1 Å². The Balaban J connectivity index is 2.16. The third kappa shape index (κ3) is 2.55. The van der Waals surface area contributed by atoms with Gasteiger partial charge in [0.2, 0.25) is 0 Å². The van der Waals surface area contributed by atoms with E-state index < -0.39 is 0 Å². The molecule has 0 unspecified atom stereocenters. The highest BCUT2D eigenvalue weighted by Gasteiger charge is 2.11. The van der Waals surface area contributed by atoms with E-state index in [9.17, 15) is 0 Å². The van der Waals surface area contributed by atoms with Crippen molar-refractivity contribution in [2.75, 3.05) is 19.8 Å². The molecule has 2 N–H and O–H groups in total. The summed E-state index contributed by atoms with van der Waals surface area (Å²) >= 11 is 0. The van der Waals surface area contributed by atoms with Crippen molar-refractivity contribution >= 4 is 16.6 Å². The molecular formula is C19H21N3. The van der Waals surface area contributed by atoms with Crippen LogP contribution in [0.1, 0.15) is 18.5 Å². The molecule has 0 fully saturated rings. The number of pyridine rings is 1. The molecule has 0 saturated heterocycles. The van der Waals surface area contributed by atoms with Gasteiger partial charge in [0.05, 0.1) is 5.52 Å². The number of nitrogens with two attached hydrogens (primary N) is 1. The van der Waals surface area contributed by atoms with E-state index in [4.69, 9.17) is 5.73 Å². The number of para-hydroxylation sites is 1. The van der Waals surface area contributed by atoms with E-state index in [-0.39, 0.29) is 0 Å². The van der Waals surface area contributed by atoms with Crippen molar-refractivity contribution in [1.82, 2.24) is 9.88 Å². The van der Waals surface area contributed by atoms with Crippen LogP contribution in [0.15, 0.2) is 54.7 Å². The number of anilines is 1. The third-order valence-electron chi connectivity index (χ3n) is 4.26. The normalized spacial score (nSPS) is 12.7. The number of nitrogen functional groups attached to an aromatic ring is 1. The molecule has 3 heteroatoms. The van der Waals surface area contributed by atoms with Crippen LogP contribution in [-0.2, 0) is 0 Å². The van der Waals surface area contributed by atoms with Gasteiger partial charge in [-0.3, -0.25) is 4.98 Å². The Hall–Kier alpha value is -2.39. The van der Waals surface area contributed by atoms with Gasteiger partial charge in [0.1, 0.15) is 0 Å². The van der Waals surface area contributed by atoms with Crippen LogP contribution >= 0.6 is 0 Å². The molecule has 0 spiro atoms. The fourth-order valence-corrected chi connectivity index (χ4v) is 2.69. The Bertz CT molecular complexity index is 809. The minimum Gasteiger partial charge on any atom is -0.398 e. The lowest BCUT2D eigenvalue weighted by Gasteiger charge is -2.21. The highest BCUT2D eigenvalue weighted by Crippen LogP contribution is 2.31. The van der Waals surface area contributed by atoms with Crippen LogP contribution in [0.3, 0.4) is 0 Å². The number of nitrogens with zero attached hydrogens (tertiary/aromatic N) is 2. The predicted octanol–water partition coefficient (Wildman–Crippen LogP) is 4.11. The lowest BCUT2D eigenvalue weighted by Crippen LogP contribution is -2.16. The monoisotopic (exact) mass is 291 g/mol. The Morgan fingerprint density at radius 2 is 1.82 bits per heavy atom. The molecule has 3 nitrogen and oxygen atoms in total. The maximum atomic E-state index is 6.07. The first-order chi connectivity index (χ1) is 10.6. The minimum absolute atomic E-state index is 0.368. The molecule has 0 aliphatic heterocycles. The van der Waals surface area contributed by atoms with Crippen LogP contribution in [0.25, 0.3) is 22.0 Å². The average Bonchev–Trinajstić information content (AvgIpc) is 2.54. The quantitative estimate of drug-likeness (QED) is 0.789. The van der Waals surface area contributed by atoms with E-state index in [0.717, 1.165) is 22.2 Å². The highest BCUT2D eigenvalue weighted by atomic mass is 15.1. The van der Waals surface area contributed by atoms with E-state index in [2.05, 4.69) is 61.2 Å². The number of hydrogen-bond donors (Lipinski definition) is 1. The maximum Gasteiger partial charge on any atom is 0.0800 e. The van der Waals surface area contributed by atoms with Crippen LogP contribution in [-0.4, -0.2) is 24.0 Å². The summed E-state index contributed by atoms with van der Waals surface area (Å²) in [6.07, 6.45) is 1.77. The van der Waals surface area contributed by atoms with Gasteiger partial charge in [0.25, 0.3) is 0 Å². The smallest absolute Gasteiger partial charge is 0.0800 e. The van der Waals surface area contributed by atoms with Crippen LogP contribution in [0.4, 0.5) is 5.69 Å². The summed E-state index contributed by atoms with van der Waals surface area (Å²) in [4.78, 5) is 6.74. The second-order valence-electron chi connectivity index (χ2n) is 5.87. The fourth-order valence-electron chi connectivity index (χ4n) is 2.69. The Labute approximate surface area is 131 Å². The first-order valence-electron chi connectivity index (χ1n) is 7.48. The van der Waals surface area contributed by atoms with Gasteiger partial charge in [-0.05, 0) is 44.3 Å². The van der Waals surface area contributed by atoms with Crippen molar-refractivity contribution in [2.45, 2.75) is 13.0 Å². The largest absolute Gasteiger partial charge is 0.398 e. The first-order valence-corrected chi connectivity index (χ1v) is 7.48. The zero-order valence-electron chi connectivity index (χ0n) is 13.2. The molecule has 3 rings (SSSR count).